The van der Waals surface area contributed by atoms with Gasteiger partial charge in [0, 0.05) is 22.6 Å². The monoisotopic (exact) mass is 271 g/mol. The molecule has 2 aromatic rings. The Labute approximate surface area is 118 Å². The summed E-state index contributed by atoms with van der Waals surface area (Å²) in [5, 5.41) is 4.09. The maximum Gasteiger partial charge on any atom is 0.267 e. The maximum absolute atomic E-state index is 12.4. The number of fused-ring (bicyclic) bond motifs is 1. The van der Waals surface area contributed by atoms with E-state index in [1.165, 1.54) is 0 Å². The molecule has 4 heteroatoms. The number of anilines is 1. The van der Waals surface area contributed by atoms with Gasteiger partial charge in [-0.25, -0.2) is 0 Å². The summed E-state index contributed by atoms with van der Waals surface area (Å²) in [7, 11) is 0. The van der Waals surface area contributed by atoms with Crippen molar-refractivity contribution >= 4 is 22.5 Å². The summed E-state index contributed by atoms with van der Waals surface area (Å²) in [5.74, 6) is -0.0524. The number of nitrogen functional groups attached to an aromatic ring is 1. The van der Waals surface area contributed by atoms with Crippen LogP contribution in [-0.4, -0.2) is 16.9 Å². The van der Waals surface area contributed by atoms with Crippen molar-refractivity contribution in [3.63, 3.8) is 0 Å². The number of nitrogens with one attached hydrogen (secondary N) is 2. The van der Waals surface area contributed by atoms with E-state index in [9.17, 15) is 4.79 Å². The Balaban J connectivity index is 1.83. The van der Waals surface area contributed by atoms with Gasteiger partial charge in [0.25, 0.3) is 5.91 Å². The van der Waals surface area contributed by atoms with Gasteiger partial charge in [0.05, 0.1) is 0 Å². The summed E-state index contributed by atoms with van der Waals surface area (Å²) in [6.45, 7) is 8.74. The normalized spacial score (nSPS) is 20.0. The van der Waals surface area contributed by atoms with Gasteiger partial charge in [-0.3, -0.25) is 4.79 Å². The lowest BCUT2D eigenvalue weighted by Gasteiger charge is -2.04. The van der Waals surface area contributed by atoms with Crippen LogP contribution in [-0.2, 0) is 0 Å². The zero-order valence-electron chi connectivity index (χ0n) is 12.4. The van der Waals surface area contributed by atoms with Crippen molar-refractivity contribution in [3.8, 4) is 0 Å². The lowest BCUT2D eigenvalue weighted by Crippen LogP contribution is -2.29. The maximum atomic E-state index is 12.4. The predicted molar refractivity (Wildman–Crippen MR) is 81.5 cm³/mol. The number of hydrogen-bond donors (Lipinski definition) is 3. The summed E-state index contributed by atoms with van der Waals surface area (Å²) >= 11 is 0. The van der Waals surface area contributed by atoms with Crippen LogP contribution in [0.1, 0.15) is 38.2 Å². The van der Waals surface area contributed by atoms with Crippen LogP contribution < -0.4 is 11.1 Å². The van der Waals surface area contributed by atoms with Crippen molar-refractivity contribution in [1.82, 2.24) is 10.3 Å². The number of hydrogen-bond acceptors (Lipinski definition) is 2. The van der Waals surface area contributed by atoms with Crippen molar-refractivity contribution in [3.05, 3.63) is 30.0 Å². The van der Waals surface area contributed by atoms with Crippen LogP contribution in [0.4, 0.5) is 5.69 Å². The van der Waals surface area contributed by atoms with E-state index in [2.05, 4.69) is 38.0 Å². The minimum atomic E-state index is -0.0524. The molecule has 0 bridgehead atoms. The van der Waals surface area contributed by atoms with Crippen LogP contribution in [0.2, 0.25) is 0 Å². The molecule has 4 nitrogen and oxygen atoms in total. The van der Waals surface area contributed by atoms with Gasteiger partial charge in [-0.2, -0.15) is 0 Å². The van der Waals surface area contributed by atoms with Crippen LogP contribution in [0.5, 0.6) is 0 Å². The third kappa shape index (κ3) is 1.71. The molecule has 0 unspecified atom stereocenters. The van der Waals surface area contributed by atoms with Crippen molar-refractivity contribution in [2.24, 2.45) is 10.8 Å². The second kappa shape index (κ2) is 3.78. The standard InChI is InChI=1S/C16H21N3O/c1-15(2)14(16(15,3)4)19-13(20)12-8-9-7-10(17)5-6-11(9)18-12/h5-8,14,18H,17H2,1-4H3,(H,19,20). The fourth-order valence-electron chi connectivity index (χ4n) is 3.04. The highest BCUT2D eigenvalue weighted by Gasteiger charge is 2.65. The van der Waals surface area contributed by atoms with Gasteiger partial charge in [-0.05, 0) is 35.1 Å². The molecule has 106 valence electrons. The molecular weight excluding hydrogens is 250 g/mol. The minimum absolute atomic E-state index is 0.0524. The van der Waals surface area contributed by atoms with Gasteiger partial charge >= 0.3 is 0 Å². The summed E-state index contributed by atoms with van der Waals surface area (Å²) in [5.41, 5.74) is 8.25. The fraction of sp³-hybridized carbons (Fsp3) is 0.438. The molecule has 0 radical (unpaired) electrons. The number of H-pyrrole nitrogens is 1. The molecule has 1 amide bonds. The molecule has 1 aromatic carbocycles. The molecule has 1 aliphatic rings. The van der Waals surface area contributed by atoms with E-state index >= 15 is 0 Å². The highest BCUT2D eigenvalue weighted by atomic mass is 16.2. The Morgan fingerprint density at radius 1 is 1.20 bits per heavy atom. The largest absolute Gasteiger partial charge is 0.399 e. The minimum Gasteiger partial charge on any atom is -0.399 e. The number of rotatable bonds is 2. The van der Waals surface area contributed by atoms with E-state index in [1.54, 1.807) is 0 Å². The summed E-state index contributed by atoms with van der Waals surface area (Å²) in [6.07, 6.45) is 0. The van der Waals surface area contributed by atoms with Crippen LogP contribution in [0.3, 0.4) is 0 Å². The number of carbonyl (C=O) groups is 1. The molecule has 0 aliphatic heterocycles. The topological polar surface area (TPSA) is 70.9 Å². The molecular formula is C16H21N3O. The molecule has 1 fully saturated rings. The fourth-order valence-corrected chi connectivity index (χ4v) is 3.04. The van der Waals surface area contributed by atoms with E-state index in [1.807, 2.05) is 24.3 Å². The Hall–Kier alpha value is -1.97. The number of amides is 1. The average molecular weight is 271 g/mol. The molecule has 1 saturated carbocycles. The third-order valence-electron chi connectivity index (χ3n) is 5.19. The molecule has 1 heterocycles. The first-order chi connectivity index (χ1) is 9.23. The Kier molecular flexibility index (Phi) is 2.46. The van der Waals surface area contributed by atoms with E-state index < -0.39 is 0 Å². The molecule has 0 spiro atoms. The first-order valence-electron chi connectivity index (χ1n) is 6.92. The van der Waals surface area contributed by atoms with Gasteiger partial charge in [-0.1, -0.05) is 27.7 Å². The first kappa shape index (κ1) is 13.0. The average Bonchev–Trinajstić information content (AvgIpc) is 2.70. The number of aromatic amines is 1. The zero-order valence-corrected chi connectivity index (χ0v) is 12.4. The zero-order chi connectivity index (χ0) is 14.7. The van der Waals surface area contributed by atoms with E-state index in [0.717, 1.165) is 10.9 Å². The quantitative estimate of drug-likeness (QED) is 0.735. The Morgan fingerprint density at radius 3 is 2.45 bits per heavy atom. The second-order valence-corrected chi connectivity index (χ2v) is 6.88. The molecule has 1 aromatic heterocycles. The second-order valence-electron chi connectivity index (χ2n) is 6.88. The van der Waals surface area contributed by atoms with E-state index in [0.29, 0.717) is 11.4 Å². The molecule has 1 aliphatic carbocycles. The number of benzene rings is 1. The number of aromatic nitrogens is 1. The highest BCUT2D eigenvalue weighted by molar-refractivity contribution is 5.99. The van der Waals surface area contributed by atoms with Crippen molar-refractivity contribution in [1.29, 1.82) is 0 Å². The van der Waals surface area contributed by atoms with Crippen molar-refractivity contribution in [2.45, 2.75) is 33.7 Å². The van der Waals surface area contributed by atoms with Crippen LogP contribution in [0.25, 0.3) is 10.9 Å². The van der Waals surface area contributed by atoms with Crippen LogP contribution in [0, 0.1) is 10.8 Å². The smallest absolute Gasteiger partial charge is 0.267 e. The van der Waals surface area contributed by atoms with Gasteiger partial charge in [0.2, 0.25) is 0 Å². The first-order valence-corrected chi connectivity index (χ1v) is 6.92. The summed E-state index contributed by atoms with van der Waals surface area (Å²) in [4.78, 5) is 15.5. The van der Waals surface area contributed by atoms with Crippen LogP contribution >= 0.6 is 0 Å². The molecule has 0 atom stereocenters. The number of nitrogens with two attached hydrogens (primary N) is 1. The van der Waals surface area contributed by atoms with Gasteiger partial charge in [-0.15, -0.1) is 0 Å². The van der Waals surface area contributed by atoms with Gasteiger partial charge in [0.15, 0.2) is 0 Å². The lowest BCUT2D eigenvalue weighted by molar-refractivity contribution is 0.0939. The third-order valence-corrected chi connectivity index (χ3v) is 5.19. The van der Waals surface area contributed by atoms with Crippen molar-refractivity contribution < 1.29 is 4.79 Å². The SMILES string of the molecule is CC1(C)C(NC(=O)c2cc3cc(N)ccc3[nH]2)C1(C)C. The summed E-state index contributed by atoms with van der Waals surface area (Å²) in [6, 6.07) is 7.65. The predicted octanol–water partition coefficient (Wildman–Crippen LogP) is 2.91. The summed E-state index contributed by atoms with van der Waals surface area (Å²) < 4.78 is 0. The van der Waals surface area contributed by atoms with Crippen molar-refractivity contribution in [2.75, 3.05) is 5.73 Å². The lowest BCUT2D eigenvalue weighted by atomic mass is 10.0. The Morgan fingerprint density at radius 2 is 1.85 bits per heavy atom. The van der Waals surface area contributed by atoms with Crippen LogP contribution in [0.15, 0.2) is 24.3 Å². The molecule has 20 heavy (non-hydrogen) atoms. The molecule has 4 N–H and O–H groups in total. The molecule has 0 saturated heterocycles. The number of carbonyl (C=O) groups excluding carboxylic acids is 1. The van der Waals surface area contributed by atoms with Gasteiger partial charge in [0.1, 0.15) is 5.69 Å². The van der Waals surface area contributed by atoms with Gasteiger partial charge < -0.3 is 16.0 Å². The van der Waals surface area contributed by atoms with E-state index in [4.69, 9.17) is 5.73 Å². The Bertz CT molecular complexity index is 683. The highest BCUT2D eigenvalue weighted by Crippen LogP contribution is 2.62. The molecule has 3 rings (SSSR count). The van der Waals surface area contributed by atoms with E-state index in [-0.39, 0.29) is 22.8 Å².